The number of aromatic nitrogens is 2. The maximum Gasteiger partial charge on any atom is 0.417 e. The quantitative estimate of drug-likeness (QED) is 0.878. The van der Waals surface area contributed by atoms with Crippen LogP contribution in [0.5, 0.6) is 11.8 Å². The minimum atomic E-state index is -0.326. The molecule has 21 heavy (non-hydrogen) atoms. The first-order valence-corrected chi connectivity index (χ1v) is 6.49. The Hall–Kier alpha value is -2.57. The number of benzene rings is 1. The Morgan fingerprint density at radius 2 is 2.24 bits per heavy atom. The second kappa shape index (κ2) is 6.74. The van der Waals surface area contributed by atoms with E-state index in [9.17, 15) is 4.79 Å². The lowest BCUT2D eigenvalue weighted by Crippen LogP contribution is -2.20. The molecule has 1 N–H and O–H groups in total. The fraction of sp³-hybridized carbons (Fsp3) is 0.357. The molecule has 7 nitrogen and oxygen atoms in total. The number of rotatable bonds is 6. The van der Waals surface area contributed by atoms with Crippen LogP contribution in [0, 0.1) is 0 Å². The van der Waals surface area contributed by atoms with Crippen molar-refractivity contribution in [3.05, 3.63) is 30.1 Å². The molecule has 0 atom stereocenters. The molecule has 1 aromatic heterocycles. The van der Waals surface area contributed by atoms with Gasteiger partial charge in [-0.25, -0.2) is 0 Å². The van der Waals surface area contributed by atoms with E-state index in [1.165, 1.54) is 0 Å². The molecular formula is C14H17N3O4. The predicted octanol–water partition coefficient (Wildman–Crippen LogP) is 2.22. The van der Waals surface area contributed by atoms with Crippen LogP contribution in [0.2, 0.25) is 0 Å². The minimum Gasteiger partial charge on any atom is -0.497 e. The van der Waals surface area contributed by atoms with Crippen LogP contribution in [0.3, 0.4) is 0 Å². The second-order valence-corrected chi connectivity index (χ2v) is 4.64. The molecule has 2 aromatic rings. The molecule has 0 saturated heterocycles. The topological polar surface area (TPSA) is 86.5 Å². The summed E-state index contributed by atoms with van der Waals surface area (Å²) in [5.41, 5.74) is 0.622. The first-order valence-electron chi connectivity index (χ1n) is 6.49. The maximum absolute atomic E-state index is 11.8. The molecule has 7 heteroatoms. The first kappa shape index (κ1) is 14.8. The van der Waals surface area contributed by atoms with E-state index in [0.717, 1.165) is 0 Å². The second-order valence-electron chi connectivity index (χ2n) is 4.64. The van der Waals surface area contributed by atoms with Crippen LogP contribution in [0.25, 0.3) is 0 Å². The summed E-state index contributed by atoms with van der Waals surface area (Å²) in [7, 11) is 1.56. The predicted molar refractivity (Wildman–Crippen MR) is 75.5 cm³/mol. The number of hydrogen-bond acceptors (Lipinski definition) is 6. The third-order valence-corrected chi connectivity index (χ3v) is 2.62. The zero-order valence-electron chi connectivity index (χ0n) is 12.1. The van der Waals surface area contributed by atoms with Gasteiger partial charge >= 0.3 is 6.08 Å². The van der Waals surface area contributed by atoms with Crippen LogP contribution in [-0.4, -0.2) is 29.8 Å². The molecule has 0 spiro atoms. The summed E-state index contributed by atoms with van der Waals surface area (Å²) in [6, 6.07) is 7.03. The fourth-order valence-electron chi connectivity index (χ4n) is 1.54. The standard InChI is InChI=1S/C14H17N3O4/c1-9(2)13-16-14(21-17-13)20-8-12(18)15-10-5-4-6-11(7-10)19-3/h4-7,9H,8H2,1-3H3,(H,15,18). The van der Waals surface area contributed by atoms with Gasteiger partial charge in [0, 0.05) is 17.7 Å². The summed E-state index contributed by atoms with van der Waals surface area (Å²) in [5, 5.41) is 6.42. The van der Waals surface area contributed by atoms with Crippen molar-refractivity contribution in [2.75, 3.05) is 19.0 Å². The number of nitrogens with zero attached hydrogens (tertiary/aromatic N) is 2. The number of methoxy groups -OCH3 is 1. The highest BCUT2D eigenvalue weighted by Gasteiger charge is 2.12. The first-order chi connectivity index (χ1) is 10.1. The molecule has 2 rings (SSSR count). The van der Waals surface area contributed by atoms with Crippen molar-refractivity contribution in [3.8, 4) is 11.8 Å². The van der Waals surface area contributed by atoms with Gasteiger partial charge in [-0.15, -0.1) is 0 Å². The van der Waals surface area contributed by atoms with Crippen molar-refractivity contribution in [2.45, 2.75) is 19.8 Å². The van der Waals surface area contributed by atoms with Crippen LogP contribution in [0.15, 0.2) is 28.8 Å². The summed E-state index contributed by atoms with van der Waals surface area (Å²) < 4.78 is 15.1. The van der Waals surface area contributed by atoms with E-state index in [2.05, 4.69) is 15.5 Å². The molecule has 1 amide bonds. The van der Waals surface area contributed by atoms with Crippen LogP contribution < -0.4 is 14.8 Å². The molecule has 1 heterocycles. The van der Waals surface area contributed by atoms with Crippen molar-refractivity contribution in [2.24, 2.45) is 0 Å². The Labute approximate surface area is 122 Å². The number of nitrogens with one attached hydrogen (secondary N) is 1. The SMILES string of the molecule is COc1cccc(NC(=O)COc2nc(C(C)C)no2)c1. The van der Waals surface area contributed by atoms with E-state index in [1.54, 1.807) is 31.4 Å². The maximum atomic E-state index is 11.8. The van der Waals surface area contributed by atoms with Crippen molar-refractivity contribution in [1.29, 1.82) is 0 Å². The van der Waals surface area contributed by atoms with E-state index < -0.39 is 0 Å². The van der Waals surface area contributed by atoms with Gasteiger partial charge in [-0.05, 0) is 12.1 Å². The molecule has 1 aromatic carbocycles. The monoisotopic (exact) mass is 291 g/mol. The van der Waals surface area contributed by atoms with Gasteiger partial charge in [0.15, 0.2) is 12.4 Å². The highest BCUT2D eigenvalue weighted by atomic mass is 16.6. The van der Waals surface area contributed by atoms with Gasteiger partial charge in [0.1, 0.15) is 5.75 Å². The molecule has 0 radical (unpaired) electrons. The Bertz CT molecular complexity index is 610. The average Bonchev–Trinajstić information content (AvgIpc) is 2.94. The van der Waals surface area contributed by atoms with Gasteiger partial charge in [-0.2, -0.15) is 4.98 Å². The molecule has 0 aliphatic carbocycles. The normalized spacial score (nSPS) is 10.5. The average molecular weight is 291 g/mol. The third-order valence-electron chi connectivity index (χ3n) is 2.62. The van der Waals surface area contributed by atoms with Crippen molar-refractivity contribution in [3.63, 3.8) is 0 Å². The van der Waals surface area contributed by atoms with Crippen LogP contribution >= 0.6 is 0 Å². The lowest BCUT2D eigenvalue weighted by atomic mass is 10.2. The molecule has 0 unspecified atom stereocenters. The van der Waals surface area contributed by atoms with Gasteiger partial charge in [-0.3, -0.25) is 9.32 Å². The Kier molecular flexibility index (Phi) is 4.76. The zero-order valence-corrected chi connectivity index (χ0v) is 12.1. The van der Waals surface area contributed by atoms with Gasteiger partial charge in [0.25, 0.3) is 5.91 Å². The van der Waals surface area contributed by atoms with Gasteiger partial charge in [-0.1, -0.05) is 25.1 Å². The molecule has 0 fully saturated rings. The van der Waals surface area contributed by atoms with Crippen molar-refractivity contribution in [1.82, 2.24) is 10.1 Å². The highest BCUT2D eigenvalue weighted by molar-refractivity contribution is 5.91. The molecule has 0 saturated carbocycles. The van der Waals surface area contributed by atoms with E-state index in [-0.39, 0.29) is 24.5 Å². The summed E-state index contributed by atoms with van der Waals surface area (Å²) in [5.74, 6) is 1.01. The summed E-state index contributed by atoms with van der Waals surface area (Å²) in [6.45, 7) is 3.66. The van der Waals surface area contributed by atoms with E-state index in [1.807, 2.05) is 13.8 Å². The summed E-state index contributed by atoms with van der Waals surface area (Å²) >= 11 is 0. The van der Waals surface area contributed by atoms with Gasteiger partial charge in [0.2, 0.25) is 0 Å². The van der Waals surface area contributed by atoms with Crippen LogP contribution in [0.4, 0.5) is 5.69 Å². The van der Waals surface area contributed by atoms with Gasteiger partial charge in [0.05, 0.1) is 7.11 Å². The van der Waals surface area contributed by atoms with E-state index in [0.29, 0.717) is 17.3 Å². The molecule has 0 bridgehead atoms. The number of ether oxygens (including phenoxy) is 2. The minimum absolute atomic E-state index is 0.0144. The summed E-state index contributed by atoms with van der Waals surface area (Å²) in [6.07, 6.45) is -0.0144. The summed E-state index contributed by atoms with van der Waals surface area (Å²) in [4.78, 5) is 15.8. The van der Waals surface area contributed by atoms with Crippen molar-refractivity contribution >= 4 is 11.6 Å². The number of hydrogen-bond donors (Lipinski definition) is 1. The van der Waals surface area contributed by atoms with Crippen LogP contribution in [-0.2, 0) is 4.79 Å². The van der Waals surface area contributed by atoms with E-state index >= 15 is 0 Å². The Balaban J connectivity index is 1.86. The molecular weight excluding hydrogens is 274 g/mol. The molecule has 0 aliphatic rings. The number of anilines is 1. The number of amides is 1. The smallest absolute Gasteiger partial charge is 0.417 e. The molecule has 112 valence electrons. The highest BCUT2D eigenvalue weighted by Crippen LogP contribution is 2.17. The van der Waals surface area contributed by atoms with Crippen molar-refractivity contribution < 1.29 is 18.8 Å². The van der Waals surface area contributed by atoms with E-state index in [4.69, 9.17) is 14.0 Å². The molecule has 0 aliphatic heterocycles. The number of carbonyl (C=O) groups excluding carboxylic acids is 1. The lowest BCUT2D eigenvalue weighted by Gasteiger charge is -2.06. The lowest BCUT2D eigenvalue weighted by molar-refractivity contribution is -0.118. The largest absolute Gasteiger partial charge is 0.497 e. The fourth-order valence-corrected chi connectivity index (χ4v) is 1.54. The van der Waals surface area contributed by atoms with Gasteiger partial charge < -0.3 is 14.8 Å². The zero-order chi connectivity index (χ0) is 15.2. The van der Waals surface area contributed by atoms with Crippen LogP contribution in [0.1, 0.15) is 25.6 Å². The Morgan fingerprint density at radius 3 is 2.90 bits per heavy atom. The third kappa shape index (κ3) is 4.20. The Morgan fingerprint density at radius 1 is 1.43 bits per heavy atom. The number of carbonyl (C=O) groups is 1.